The summed E-state index contributed by atoms with van der Waals surface area (Å²) < 4.78 is 4.64. The Kier molecular flexibility index (Phi) is 3.35. The first kappa shape index (κ1) is 11.5. The number of carbonyl (C=O) groups is 1. The quantitative estimate of drug-likeness (QED) is 0.606. The Balaban J connectivity index is 2.49. The Morgan fingerprint density at radius 2 is 2.24 bits per heavy atom. The van der Waals surface area contributed by atoms with Crippen molar-refractivity contribution in [2.24, 2.45) is 0 Å². The van der Waals surface area contributed by atoms with Gasteiger partial charge in [-0.05, 0) is 24.3 Å². The van der Waals surface area contributed by atoms with Crippen LogP contribution in [0.4, 0.5) is 0 Å². The molecule has 0 fully saturated rings. The monoisotopic (exact) mass is 248 g/mol. The highest BCUT2D eigenvalue weighted by Crippen LogP contribution is 2.20. The van der Waals surface area contributed by atoms with E-state index in [4.69, 9.17) is 11.6 Å². The van der Waals surface area contributed by atoms with E-state index in [0.717, 1.165) is 5.56 Å². The van der Waals surface area contributed by atoms with E-state index in [9.17, 15) is 4.79 Å². The molecule has 5 heteroatoms. The fourth-order valence-corrected chi connectivity index (χ4v) is 1.60. The maximum Gasteiger partial charge on any atom is 0.338 e. The smallest absolute Gasteiger partial charge is 0.338 e. The third-order valence-corrected chi connectivity index (χ3v) is 2.37. The van der Waals surface area contributed by atoms with Crippen molar-refractivity contribution in [2.75, 3.05) is 7.11 Å². The lowest BCUT2D eigenvalue weighted by molar-refractivity contribution is 0.0600. The van der Waals surface area contributed by atoms with Gasteiger partial charge in [-0.2, -0.15) is 0 Å². The maximum absolute atomic E-state index is 11.4. The van der Waals surface area contributed by atoms with Crippen molar-refractivity contribution >= 4 is 17.6 Å². The summed E-state index contributed by atoms with van der Waals surface area (Å²) in [4.78, 5) is 19.5. The predicted octanol–water partition coefficient (Wildman–Crippen LogP) is 2.58. The van der Waals surface area contributed by atoms with Gasteiger partial charge in [0.1, 0.15) is 5.15 Å². The van der Waals surface area contributed by atoms with E-state index in [1.807, 2.05) is 6.07 Å². The summed E-state index contributed by atoms with van der Waals surface area (Å²) in [6.07, 6.45) is 3.31. The van der Waals surface area contributed by atoms with Gasteiger partial charge in [0.15, 0.2) is 0 Å². The summed E-state index contributed by atoms with van der Waals surface area (Å²) in [5.74, 6) is -0.445. The fraction of sp³-hybridized carbons (Fsp3) is 0.0833. The summed E-state index contributed by atoms with van der Waals surface area (Å²) in [5.41, 5.74) is 1.75. The van der Waals surface area contributed by atoms with E-state index >= 15 is 0 Å². The minimum absolute atomic E-state index is 0.242. The molecule has 0 unspecified atom stereocenters. The zero-order valence-corrected chi connectivity index (χ0v) is 9.81. The number of esters is 1. The Labute approximate surface area is 103 Å². The van der Waals surface area contributed by atoms with Gasteiger partial charge in [-0.25, -0.2) is 9.78 Å². The number of aromatic nitrogens is 2. The minimum Gasteiger partial charge on any atom is -0.465 e. The number of carbonyl (C=O) groups excluding carboxylic acids is 1. The molecular weight excluding hydrogens is 240 g/mol. The lowest BCUT2D eigenvalue weighted by Crippen LogP contribution is -2.02. The van der Waals surface area contributed by atoms with Crippen molar-refractivity contribution in [2.45, 2.75) is 0 Å². The number of pyridine rings is 2. The van der Waals surface area contributed by atoms with Crippen molar-refractivity contribution in [1.29, 1.82) is 0 Å². The van der Waals surface area contributed by atoms with Crippen molar-refractivity contribution < 1.29 is 9.53 Å². The van der Waals surface area contributed by atoms with Crippen LogP contribution in [0, 0.1) is 0 Å². The van der Waals surface area contributed by atoms with Crippen LogP contribution in [0.3, 0.4) is 0 Å². The first-order chi connectivity index (χ1) is 8.20. The van der Waals surface area contributed by atoms with Crippen LogP contribution in [0.1, 0.15) is 10.4 Å². The molecule has 2 rings (SSSR count). The molecule has 2 aromatic rings. The molecule has 0 amide bonds. The average molecular weight is 249 g/mol. The molecule has 17 heavy (non-hydrogen) atoms. The van der Waals surface area contributed by atoms with Crippen LogP contribution in [-0.4, -0.2) is 23.0 Å². The number of rotatable bonds is 2. The van der Waals surface area contributed by atoms with Crippen LogP contribution < -0.4 is 0 Å². The van der Waals surface area contributed by atoms with Gasteiger partial charge >= 0.3 is 5.97 Å². The van der Waals surface area contributed by atoms with Gasteiger partial charge in [0.25, 0.3) is 0 Å². The molecule has 0 aliphatic heterocycles. The van der Waals surface area contributed by atoms with Gasteiger partial charge in [-0.15, -0.1) is 0 Å². The second-order valence-electron chi connectivity index (χ2n) is 3.30. The van der Waals surface area contributed by atoms with Gasteiger partial charge in [0.2, 0.25) is 0 Å². The van der Waals surface area contributed by atoms with Gasteiger partial charge in [-0.1, -0.05) is 11.6 Å². The van der Waals surface area contributed by atoms with E-state index in [-0.39, 0.29) is 5.15 Å². The molecule has 0 spiro atoms. The number of nitrogens with zero attached hydrogens (tertiary/aromatic N) is 2. The predicted molar refractivity (Wildman–Crippen MR) is 63.8 cm³/mol. The molecule has 0 aliphatic rings. The second-order valence-corrected chi connectivity index (χ2v) is 3.68. The molecule has 0 aliphatic carbocycles. The van der Waals surface area contributed by atoms with E-state index in [0.29, 0.717) is 11.3 Å². The highest BCUT2D eigenvalue weighted by molar-refractivity contribution is 6.29. The number of hydrogen-bond acceptors (Lipinski definition) is 4. The number of ether oxygens (including phenoxy) is 1. The Bertz CT molecular complexity index is 543. The van der Waals surface area contributed by atoms with E-state index in [1.54, 1.807) is 24.5 Å². The molecule has 86 valence electrons. The fourth-order valence-electron chi connectivity index (χ4n) is 1.39. The summed E-state index contributed by atoms with van der Waals surface area (Å²) in [7, 11) is 1.32. The third-order valence-electron chi connectivity index (χ3n) is 2.17. The van der Waals surface area contributed by atoms with Crippen LogP contribution in [0.2, 0.25) is 5.15 Å². The van der Waals surface area contributed by atoms with E-state index < -0.39 is 5.97 Å². The number of hydrogen-bond donors (Lipinski definition) is 0. The first-order valence-electron chi connectivity index (χ1n) is 4.87. The Morgan fingerprint density at radius 1 is 1.41 bits per heavy atom. The summed E-state index contributed by atoms with van der Waals surface area (Å²) in [6, 6.07) is 6.71. The Hall–Kier alpha value is -1.94. The SMILES string of the molecule is COC(=O)c1cc(Cl)nc(-c2cccnc2)c1. The summed E-state index contributed by atoms with van der Waals surface area (Å²) in [5, 5.41) is 0.242. The molecule has 0 bridgehead atoms. The zero-order valence-electron chi connectivity index (χ0n) is 9.05. The van der Waals surface area contributed by atoms with Crippen LogP contribution in [0.15, 0.2) is 36.7 Å². The molecule has 0 N–H and O–H groups in total. The summed E-state index contributed by atoms with van der Waals surface area (Å²) >= 11 is 5.86. The Morgan fingerprint density at radius 3 is 2.88 bits per heavy atom. The van der Waals surface area contributed by atoms with Crippen molar-refractivity contribution in [3.05, 3.63) is 47.4 Å². The van der Waals surface area contributed by atoms with Gasteiger partial charge < -0.3 is 4.74 Å². The topological polar surface area (TPSA) is 52.1 Å². The molecule has 0 saturated carbocycles. The van der Waals surface area contributed by atoms with Crippen molar-refractivity contribution in [3.63, 3.8) is 0 Å². The molecule has 0 radical (unpaired) electrons. The molecule has 0 saturated heterocycles. The number of halogens is 1. The van der Waals surface area contributed by atoms with Crippen LogP contribution in [0.5, 0.6) is 0 Å². The van der Waals surface area contributed by atoms with Gasteiger partial charge in [-0.3, -0.25) is 4.98 Å². The average Bonchev–Trinajstić information content (AvgIpc) is 2.38. The third kappa shape index (κ3) is 2.60. The number of methoxy groups -OCH3 is 1. The molecular formula is C12H9ClN2O2. The molecule has 0 atom stereocenters. The normalized spacial score (nSPS) is 10.0. The summed E-state index contributed by atoms with van der Waals surface area (Å²) in [6.45, 7) is 0. The van der Waals surface area contributed by atoms with Gasteiger partial charge in [0, 0.05) is 18.0 Å². The minimum atomic E-state index is -0.445. The molecule has 0 aromatic carbocycles. The molecule has 2 aromatic heterocycles. The first-order valence-corrected chi connectivity index (χ1v) is 5.25. The van der Waals surface area contributed by atoms with E-state index in [1.165, 1.54) is 13.2 Å². The standard InChI is InChI=1S/C12H9ClN2O2/c1-17-12(16)9-5-10(15-11(13)6-9)8-3-2-4-14-7-8/h2-7H,1H3. The second kappa shape index (κ2) is 4.93. The van der Waals surface area contributed by atoms with Crippen LogP contribution in [-0.2, 0) is 4.74 Å². The van der Waals surface area contributed by atoms with Crippen LogP contribution >= 0.6 is 11.6 Å². The van der Waals surface area contributed by atoms with Crippen molar-refractivity contribution in [1.82, 2.24) is 9.97 Å². The highest BCUT2D eigenvalue weighted by Gasteiger charge is 2.10. The zero-order chi connectivity index (χ0) is 12.3. The van der Waals surface area contributed by atoms with E-state index in [2.05, 4.69) is 14.7 Å². The highest BCUT2D eigenvalue weighted by atomic mass is 35.5. The molecule has 4 nitrogen and oxygen atoms in total. The van der Waals surface area contributed by atoms with Crippen LogP contribution in [0.25, 0.3) is 11.3 Å². The molecule has 2 heterocycles. The largest absolute Gasteiger partial charge is 0.465 e. The lowest BCUT2D eigenvalue weighted by Gasteiger charge is -2.04. The lowest BCUT2D eigenvalue weighted by atomic mass is 10.1. The van der Waals surface area contributed by atoms with Gasteiger partial charge in [0.05, 0.1) is 18.4 Å². The maximum atomic E-state index is 11.4. The van der Waals surface area contributed by atoms with Crippen molar-refractivity contribution in [3.8, 4) is 11.3 Å².